The third-order valence-electron chi connectivity index (χ3n) is 3.96. The first kappa shape index (κ1) is 15.0. The smallest absolute Gasteiger partial charge is 0.339 e. The quantitative estimate of drug-likeness (QED) is 0.856. The molecule has 1 aromatic rings. The summed E-state index contributed by atoms with van der Waals surface area (Å²) in [6.45, 7) is 4.13. The number of esters is 1. The molecule has 2 rings (SSSR count). The molecule has 110 valence electrons. The van der Waals surface area contributed by atoms with Gasteiger partial charge in [-0.1, -0.05) is 24.3 Å². The SMILES string of the molecule is CCOC(=O)C(O)c1ccccc1C1CCN(C)CC1. The molecule has 0 aliphatic carbocycles. The van der Waals surface area contributed by atoms with Crippen molar-refractivity contribution in [3.05, 3.63) is 35.4 Å². The number of hydrogen-bond acceptors (Lipinski definition) is 4. The Morgan fingerprint density at radius 2 is 2.05 bits per heavy atom. The summed E-state index contributed by atoms with van der Waals surface area (Å²) in [5, 5.41) is 10.2. The highest BCUT2D eigenvalue weighted by Crippen LogP contribution is 2.32. The summed E-state index contributed by atoms with van der Waals surface area (Å²) in [6.07, 6.45) is 0.942. The van der Waals surface area contributed by atoms with Gasteiger partial charge in [-0.2, -0.15) is 0 Å². The second kappa shape index (κ2) is 6.86. The molecular weight excluding hydrogens is 254 g/mol. The van der Waals surface area contributed by atoms with E-state index in [1.807, 2.05) is 24.3 Å². The summed E-state index contributed by atoms with van der Waals surface area (Å²) in [7, 11) is 2.12. The third-order valence-corrected chi connectivity index (χ3v) is 3.96. The summed E-state index contributed by atoms with van der Waals surface area (Å²) < 4.78 is 4.92. The van der Waals surface area contributed by atoms with Crippen LogP contribution in [0.15, 0.2) is 24.3 Å². The molecule has 1 N–H and O–H groups in total. The number of aliphatic hydroxyl groups is 1. The zero-order valence-electron chi connectivity index (χ0n) is 12.2. The van der Waals surface area contributed by atoms with Crippen molar-refractivity contribution in [3.63, 3.8) is 0 Å². The van der Waals surface area contributed by atoms with Gasteiger partial charge in [0.2, 0.25) is 0 Å². The van der Waals surface area contributed by atoms with E-state index in [4.69, 9.17) is 4.74 Å². The van der Waals surface area contributed by atoms with E-state index in [1.54, 1.807) is 6.92 Å². The first-order chi connectivity index (χ1) is 9.63. The number of hydrogen-bond donors (Lipinski definition) is 1. The van der Waals surface area contributed by atoms with Crippen LogP contribution in [-0.2, 0) is 9.53 Å². The Labute approximate surface area is 120 Å². The summed E-state index contributed by atoms with van der Waals surface area (Å²) in [5.41, 5.74) is 1.78. The van der Waals surface area contributed by atoms with E-state index >= 15 is 0 Å². The Hall–Kier alpha value is -1.39. The summed E-state index contributed by atoms with van der Waals surface area (Å²) in [5.74, 6) is -0.153. The van der Waals surface area contributed by atoms with Gasteiger partial charge < -0.3 is 14.7 Å². The molecule has 4 heteroatoms. The van der Waals surface area contributed by atoms with Crippen LogP contribution in [0.2, 0.25) is 0 Å². The maximum Gasteiger partial charge on any atom is 0.339 e. The Bertz CT molecular complexity index is 453. The van der Waals surface area contributed by atoms with Gasteiger partial charge in [0.05, 0.1) is 6.61 Å². The molecule has 0 amide bonds. The van der Waals surface area contributed by atoms with Crippen molar-refractivity contribution in [1.29, 1.82) is 0 Å². The van der Waals surface area contributed by atoms with Gasteiger partial charge >= 0.3 is 5.97 Å². The van der Waals surface area contributed by atoms with Crippen molar-refractivity contribution in [2.24, 2.45) is 0 Å². The number of carbonyl (C=O) groups is 1. The van der Waals surface area contributed by atoms with Crippen molar-refractivity contribution in [2.75, 3.05) is 26.7 Å². The number of likely N-dealkylation sites (tertiary alicyclic amines) is 1. The molecule has 0 saturated carbocycles. The molecular formula is C16H23NO3. The van der Waals surface area contributed by atoms with E-state index in [9.17, 15) is 9.90 Å². The Kier molecular flexibility index (Phi) is 5.15. The monoisotopic (exact) mass is 277 g/mol. The number of piperidine rings is 1. The number of ether oxygens (including phenoxy) is 1. The maximum absolute atomic E-state index is 11.8. The fraction of sp³-hybridized carbons (Fsp3) is 0.562. The second-order valence-corrected chi connectivity index (χ2v) is 5.36. The fourth-order valence-electron chi connectivity index (χ4n) is 2.80. The van der Waals surface area contributed by atoms with Gasteiger partial charge in [-0.25, -0.2) is 4.79 Å². The molecule has 1 atom stereocenters. The number of nitrogens with zero attached hydrogens (tertiary/aromatic N) is 1. The predicted molar refractivity (Wildman–Crippen MR) is 77.5 cm³/mol. The van der Waals surface area contributed by atoms with E-state index in [2.05, 4.69) is 11.9 Å². The number of benzene rings is 1. The maximum atomic E-state index is 11.8. The predicted octanol–water partition coefficient (Wildman–Crippen LogP) is 2.09. The Morgan fingerprint density at radius 3 is 2.70 bits per heavy atom. The average molecular weight is 277 g/mol. The highest BCUT2D eigenvalue weighted by Gasteiger charge is 2.26. The van der Waals surface area contributed by atoms with Crippen molar-refractivity contribution < 1.29 is 14.6 Å². The molecule has 1 aliphatic heterocycles. The molecule has 0 bridgehead atoms. The van der Waals surface area contributed by atoms with Gasteiger partial charge in [0, 0.05) is 0 Å². The van der Waals surface area contributed by atoms with Crippen LogP contribution in [0.1, 0.15) is 42.9 Å². The molecule has 1 unspecified atom stereocenters. The first-order valence-electron chi connectivity index (χ1n) is 7.25. The highest BCUT2D eigenvalue weighted by molar-refractivity contribution is 5.76. The lowest BCUT2D eigenvalue weighted by molar-refractivity contribution is -0.153. The standard InChI is InChI=1S/C16H23NO3/c1-3-20-16(19)15(18)14-7-5-4-6-13(14)12-8-10-17(2)11-9-12/h4-7,12,15,18H,3,8-11H2,1-2H3. The summed E-state index contributed by atoms with van der Waals surface area (Å²) in [6, 6.07) is 7.67. The van der Waals surface area contributed by atoms with Crippen LogP contribution in [0.4, 0.5) is 0 Å². The topological polar surface area (TPSA) is 49.8 Å². The van der Waals surface area contributed by atoms with E-state index in [-0.39, 0.29) is 6.61 Å². The largest absolute Gasteiger partial charge is 0.464 e. The third kappa shape index (κ3) is 3.38. The van der Waals surface area contributed by atoms with Gasteiger partial charge in [0.25, 0.3) is 0 Å². The fourth-order valence-corrected chi connectivity index (χ4v) is 2.80. The van der Waals surface area contributed by atoms with Crippen molar-refractivity contribution >= 4 is 5.97 Å². The molecule has 1 heterocycles. The van der Waals surface area contributed by atoms with Crippen LogP contribution in [0.3, 0.4) is 0 Å². The van der Waals surface area contributed by atoms with Crippen molar-refractivity contribution in [3.8, 4) is 0 Å². The van der Waals surface area contributed by atoms with E-state index in [0.717, 1.165) is 31.5 Å². The molecule has 1 saturated heterocycles. The summed E-state index contributed by atoms with van der Waals surface area (Å²) >= 11 is 0. The minimum absolute atomic E-state index is 0.284. The van der Waals surface area contributed by atoms with E-state index in [1.165, 1.54) is 0 Å². The zero-order valence-corrected chi connectivity index (χ0v) is 12.2. The van der Waals surface area contributed by atoms with Crippen LogP contribution in [0.5, 0.6) is 0 Å². The van der Waals surface area contributed by atoms with Crippen LogP contribution in [-0.4, -0.2) is 42.7 Å². The molecule has 0 aromatic heterocycles. The van der Waals surface area contributed by atoms with Crippen LogP contribution >= 0.6 is 0 Å². The minimum atomic E-state index is -1.18. The van der Waals surface area contributed by atoms with Gasteiger partial charge in [0.1, 0.15) is 0 Å². The van der Waals surface area contributed by atoms with Gasteiger partial charge in [-0.15, -0.1) is 0 Å². The molecule has 1 aliphatic rings. The molecule has 20 heavy (non-hydrogen) atoms. The van der Waals surface area contributed by atoms with Crippen molar-refractivity contribution in [2.45, 2.75) is 31.8 Å². The average Bonchev–Trinajstić information content (AvgIpc) is 2.47. The van der Waals surface area contributed by atoms with Crippen LogP contribution in [0.25, 0.3) is 0 Å². The normalized spacial score (nSPS) is 18.8. The van der Waals surface area contributed by atoms with Gasteiger partial charge in [0.15, 0.2) is 6.10 Å². The molecule has 0 radical (unpaired) electrons. The van der Waals surface area contributed by atoms with E-state index in [0.29, 0.717) is 11.5 Å². The Morgan fingerprint density at radius 1 is 1.40 bits per heavy atom. The highest BCUT2D eigenvalue weighted by atomic mass is 16.5. The molecule has 1 aromatic carbocycles. The van der Waals surface area contributed by atoms with Crippen molar-refractivity contribution in [1.82, 2.24) is 4.90 Å². The van der Waals surface area contributed by atoms with Crippen LogP contribution < -0.4 is 0 Å². The Balaban J connectivity index is 2.19. The summed E-state index contributed by atoms with van der Waals surface area (Å²) in [4.78, 5) is 14.1. The number of aliphatic hydroxyl groups excluding tert-OH is 1. The lowest BCUT2D eigenvalue weighted by atomic mass is 9.85. The molecule has 1 fully saturated rings. The number of rotatable bonds is 4. The number of carbonyl (C=O) groups excluding carboxylic acids is 1. The molecule has 0 spiro atoms. The minimum Gasteiger partial charge on any atom is -0.464 e. The first-order valence-corrected chi connectivity index (χ1v) is 7.25. The second-order valence-electron chi connectivity index (χ2n) is 5.36. The molecule has 4 nitrogen and oxygen atoms in total. The van der Waals surface area contributed by atoms with Crippen LogP contribution in [0, 0.1) is 0 Å². The van der Waals surface area contributed by atoms with Gasteiger partial charge in [-0.05, 0) is 56.9 Å². The van der Waals surface area contributed by atoms with E-state index < -0.39 is 12.1 Å². The zero-order chi connectivity index (χ0) is 14.5. The lowest BCUT2D eigenvalue weighted by Gasteiger charge is -2.30. The van der Waals surface area contributed by atoms with Gasteiger partial charge in [-0.3, -0.25) is 0 Å². The lowest BCUT2D eigenvalue weighted by Crippen LogP contribution is -2.30.